The summed E-state index contributed by atoms with van der Waals surface area (Å²) in [7, 11) is 2.15. The number of thiol groups is 1. The summed E-state index contributed by atoms with van der Waals surface area (Å²) in [6, 6.07) is 0. The van der Waals surface area contributed by atoms with Crippen molar-refractivity contribution < 1.29 is 23.0 Å². The maximum absolute atomic E-state index is 11.7. The van der Waals surface area contributed by atoms with Crippen LogP contribution in [-0.2, 0) is 13.6 Å². The van der Waals surface area contributed by atoms with Gasteiger partial charge in [-0.1, -0.05) is 44.9 Å². The summed E-state index contributed by atoms with van der Waals surface area (Å²) in [5.41, 5.74) is 0. The summed E-state index contributed by atoms with van der Waals surface area (Å²) < 4.78 is 22.3. The normalized spacial score (nSPS) is 14.8. The molecule has 0 aliphatic carbocycles. The summed E-state index contributed by atoms with van der Waals surface area (Å²) >= 11 is 4.20. The van der Waals surface area contributed by atoms with Crippen molar-refractivity contribution in [2.45, 2.75) is 57.8 Å². The zero-order valence-electron chi connectivity index (χ0n) is 15.2. The lowest BCUT2D eigenvalue weighted by atomic mass is 10.1. The van der Waals surface area contributed by atoms with Gasteiger partial charge in [-0.3, -0.25) is 9.05 Å². The van der Waals surface area contributed by atoms with Crippen molar-refractivity contribution in [3.63, 3.8) is 0 Å². The van der Waals surface area contributed by atoms with Gasteiger partial charge in [-0.15, -0.1) is 0 Å². The minimum atomic E-state index is -3.87. The number of rotatable bonds is 16. The monoisotopic (exact) mass is 370 g/mol. The molecule has 0 fully saturated rings. The van der Waals surface area contributed by atoms with E-state index in [0.29, 0.717) is 17.6 Å². The van der Waals surface area contributed by atoms with Crippen molar-refractivity contribution in [3.8, 4) is 0 Å². The molecule has 23 heavy (non-hydrogen) atoms. The van der Waals surface area contributed by atoms with E-state index in [1.54, 1.807) is 0 Å². The summed E-state index contributed by atoms with van der Waals surface area (Å²) in [6.07, 6.45) is 10.6. The number of hydrogen-bond donors (Lipinski definition) is 2. The molecule has 0 aliphatic rings. The summed E-state index contributed by atoms with van der Waals surface area (Å²) in [5.74, 6) is 0.994. The Morgan fingerprint density at radius 3 is 1.74 bits per heavy atom. The molecule has 0 heterocycles. The standard InChI is InChI=1S/C16H36NO4PS/c1-17(2,3)13-15-21-22(18,19)20-14-11-9-7-5-4-6-8-10-12-16-23/h4-16H2,1-3H3,(H-,18,19,23)/p+1. The zero-order valence-corrected chi connectivity index (χ0v) is 17.0. The molecular weight excluding hydrogens is 333 g/mol. The molecule has 0 aliphatic heterocycles. The summed E-state index contributed by atoms with van der Waals surface area (Å²) in [4.78, 5) is 9.55. The fraction of sp³-hybridized carbons (Fsp3) is 1.00. The predicted molar refractivity (Wildman–Crippen MR) is 100 cm³/mol. The van der Waals surface area contributed by atoms with Gasteiger partial charge < -0.3 is 9.38 Å². The van der Waals surface area contributed by atoms with Crippen LogP contribution >= 0.6 is 20.5 Å². The second-order valence-electron chi connectivity index (χ2n) is 7.05. The fourth-order valence-electron chi connectivity index (χ4n) is 2.10. The van der Waals surface area contributed by atoms with Gasteiger partial charge in [-0.25, -0.2) is 4.57 Å². The first-order chi connectivity index (χ1) is 10.8. The van der Waals surface area contributed by atoms with Gasteiger partial charge in [0.1, 0.15) is 13.2 Å². The molecule has 0 rings (SSSR count). The molecule has 0 saturated heterocycles. The Bertz CT molecular complexity index is 324. The Labute approximate surface area is 148 Å². The van der Waals surface area contributed by atoms with E-state index >= 15 is 0 Å². The molecule has 0 aromatic rings. The zero-order chi connectivity index (χ0) is 17.6. The van der Waals surface area contributed by atoms with E-state index in [1.165, 1.54) is 38.5 Å². The lowest BCUT2D eigenvalue weighted by molar-refractivity contribution is -0.870. The highest BCUT2D eigenvalue weighted by Gasteiger charge is 2.21. The van der Waals surface area contributed by atoms with Crippen molar-refractivity contribution in [1.29, 1.82) is 0 Å². The van der Waals surface area contributed by atoms with Crippen LogP contribution in [0.5, 0.6) is 0 Å². The third kappa shape index (κ3) is 18.6. The van der Waals surface area contributed by atoms with Crippen LogP contribution in [0.25, 0.3) is 0 Å². The number of phosphoric ester groups is 1. The largest absolute Gasteiger partial charge is 0.472 e. The molecule has 0 bridgehead atoms. The second kappa shape index (κ2) is 13.7. The van der Waals surface area contributed by atoms with Crippen molar-refractivity contribution in [2.75, 3.05) is 46.7 Å². The maximum Gasteiger partial charge on any atom is 0.472 e. The molecular formula is C16H37NO4PS+. The van der Waals surface area contributed by atoms with E-state index in [2.05, 4.69) is 12.6 Å². The number of hydrogen-bond acceptors (Lipinski definition) is 4. The molecule has 5 nitrogen and oxygen atoms in total. The molecule has 7 heteroatoms. The average Bonchev–Trinajstić information content (AvgIpc) is 2.43. The summed E-state index contributed by atoms with van der Waals surface area (Å²) in [6.45, 7) is 1.19. The molecule has 0 aromatic heterocycles. The Balaban J connectivity index is 3.40. The molecule has 0 radical (unpaired) electrons. The predicted octanol–water partition coefficient (Wildman–Crippen LogP) is 4.27. The lowest BCUT2D eigenvalue weighted by Gasteiger charge is -2.24. The molecule has 1 atom stereocenters. The van der Waals surface area contributed by atoms with Crippen LogP contribution in [0.2, 0.25) is 0 Å². The van der Waals surface area contributed by atoms with Crippen LogP contribution in [0.1, 0.15) is 57.8 Å². The smallest absolute Gasteiger partial charge is 0.329 e. The van der Waals surface area contributed by atoms with Crippen molar-refractivity contribution in [1.82, 2.24) is 0 Å². The Morgan fingerprint density at radius 2 is 1.26 bits per heavy atom. The molecule has 0 amide bonds. The van der Waals surface area contributed by atoms with Crippen molar-refractivity contribution >= 4 is 20.5 Å². The Morgan fingerprint density at radius 1 is 0.826 bits per heavy atom. The third-order valence-electron chi connectivity index (χ3n) is 3.57. The number of quaternary nitrogens is 1. The first kappa shape index (κ1) is 23.4. The van der Waals surface area contributed by atoms with Crippen LogP contribution in [0, 0.1) is 0 Å². The molecule has 1 unspecified atom stereocenters. The average molecular weight is 371 g/mol. The highest BCUT2D eigenvalue weighted by Crippen LogP contribution is 2.43. The number of nitrogens with zero attached hydrogens (tertiary/aromatic N) is 1. The first-order valence-electron chi connectivity index (χ1n) is 8.80. The quantitative estimate of drug-likeness (QED) is 0.184. The van der Waals surface area contributed by atoms with Crippen LogP contribution in [0.4, 0.5) is 0 Å². The fourth-order valence-corrected chi connectivity index (χ4v) is 3.07. The van der Waals surface area contributed by atoms with E-state index in [4.69, 9.17) is 9.05 Å². The lowest BCUT2D eigenvalue weighted by Crippen LogP contribution is -2.37. The van der Waals surface area contributed by atoms with Crippen LogP contribution in [-0.4, -0.2) is 56.0 Å². The van der Waals surface area contributed by atoms with Gasteiger partial charge in [0.2, 0.25) is 0 Å². The minimum Gasteiger partial charge on any atom is -0.329 e. The highest BCUT2D eigenvalue weighted by molar-refractivity contribution is 7.80. The third-order valence-corrected chi connectivity index (χ3v) is 4.91. The highest BCUT2D eigenvalue weighted by atomic mass is 32.1. The van der Waals surface area contributed by atoms with Crippen molar-refractivity contribution in [3.05, 3.63) is 0 Å². The van der Waals surface area contributed by atoms with Gasteiger partial charge in [0.15, 0.2) is 0 Å². The van der Waals surface area contributed by atoms with Gasteiger partial charge in [0.05, 0.1) is 27.7 Å². The van der Waals surface area contributed by atoms with Gasteiger partial charge in [-0.05, 0) is 18.6 Å². The maximum atomic E-state index is 11.7. The van der Waals surface area contributed by atoms with Gasteiger partial charge in [0, 0.05) is 0 Å². The molecule has 1 N–H and O–H groups in total. The van der Waals surface area contributed by atoms with Gasteiger partial charge in [0.25, 0.3) is 0 Å². The molecule has 0 spiro atoms. The molecule has 0 saturated carbocycles. The van der Waals surface area contributed by atoms with Crippen LogP contribution in [0.3, 0.4) is 0 Å². The van der Waals surface area contributed by atoms with E-state index in [0.717, 1.165) is 25.0 Å². The van der Waals surface area contributed by atoms with E-state index in [1.807, 2.05) is 21.1 Å². The van der Waals surface area contributed by atoms with Crippen LogP contribution < -0.4 is 0 Å². The first-order valence-corrected chi connectivity index (χ1v) is 10.9. The van der Waals surface area contributed by atoms with Crippen LogP contribution in [0.15, 0.2) is 0 Å². The second-order valence-corrected chi connectivity index (χ2v) is 8.96. The van der Waals surface area contributed by atoms with E-state index in [9.17, 15) is 9.46 Å². The number of likely N-dealkylation sites (N-methyl/N-ethyl adjacent to an activating group) is 1. The van der Waals surface area contributed by atoms with Gasteiger partial charge in [-0.2, -0.15) is 12.6 Å². The van der Waals surface area contributed by atoms with E-state index in [-0.39, 0.29) is 6.61 Å². The van der Waals surface area contributed by atoms with E-state index < -0.39 is 7.82 Å². The molecule has 0 aromatic carbocycles. The minimum absolute atomic E-state index is 0.227. The SMILES string of the molecule is C[N+](C)(C)CCOP(=O)(O)OCCCCCCCCCCCS. The summed E-state index contributed by atoms with van der Waals surface area (Å²) in [5, 5.41) is 0. The topological polar surface area (TPSA) is 55.8 Å². The van der Waals surface area contributed by atoms with Crippen molar-refractivity contribution in [2.24, 2.45) is 0 Å². The molecule has 140 valence electrons. The van der Waals surface area contributed by atoms with Gasteiger partial charge >= 0.3 is 7.82 Å². The number of phosphoric acid groups is 1. The Hall–Kier alpha value is 0.420. The Kier molecular flexibility index (Phi) is 13.9. The number of unbranched alkanes of at least 4 members (excludes halogenated alkanes) is 8.